The van der Waals surface area contributed by atoms with E-state index < -0.39 is 0 Å². The number of benzene rings is 2. The van der Waals surface area contributed by atoms with E-state index in [1.54, 1.807) is 16.8 Å². The van der Waals surface area contributed by atoms with Gasteiger partial charge in [-0.2, -0.15) is 5.26 Å². The van der Waals surface area contributed by atoms with Crippen molar-refractivity contribution >= 4 is 22.6 Å². The van der Waals surface area contributed by atoms with Crippen LogP contribution in [0.3, 0.4) is 0 Å². The van der Waals surface area contributed by atoms with Gasteiger partial charge >= 0.3 is 0 Å². The monoisotopic (exact) mass is 430 g/mol. The van der Waals surface area contributed by atoms with Gasteiger partial charge in [0, 0.05) is 30.3 Å². The van der Waals surface area contributed by atoms with Gasteiger partial charge in [0.15, 0.2) is 0 Å². The zero-order valence-electron chi connectivity index (χ0n) is 16.8. The zero-order valence-corrected chi connectivity index (χ0v) is 17.6. The number of imidazole rings is 1. The number of nitrogens with zero attached hydrogens (tertiary/aromatic N) is 4. The molecule has 0 spiro atoms. The van der Waals surface area contributed by atoms with E-state index in [1.165, 1.54) is 6.07 Å². The minimum atomic E-state index is -0.179. The Hall–Kier alpha value is -3.56. The van der Waals surface area contributed by atoms with Crippen molar-refractivity contribution in [2.24, 2.45) is 13.0 Å². The van der Waals surface area contributed by atoms with Crippen molar-refractivity contribution in [2.75, 3.05) is 0 Å². The quantitative estimate of drug-likeness (QED) is 0.464. The van der Waals surface area contributed by atoms with Gasteiger partial charge in [-0.25, -0.2) is 4.98 Å². The normalized spacial score (nSPS) is 17.5. The molecule has 6 nitrogen and oxygen atoms in total. The summed E-state index contributed by atoms with van der Waals surface area (Å²) in [6.07, 6.45) is 2.57. The number of hydrogen-bond acceptors (Lipinski definition) is 4. The van der Waals surface area contributed by atoms with Crippen molar-refractivity contribution in [1.29, 1.82) is 5.26 Å². The van der Waals surface area contributed by atoms with E-state index in [4.69, 9.17) is 26.6 Å². The number of nitriles is 1. The average Bonchev–Trinajstić information content (AvgIpc) is 3.49. The molecular formula is C24H19ClN4O2. The fraction of sp³-hybridized carbons (Fsp3) is 0.208. The SMILES string of the molecule is Cn1c([C@H]2C[C@H]2C#N)nc2ccc(-n3ccc(OCc4ccc(Cl)cc4)cc3=O)cc21. The summed E-state index contributed by atoms with van der Waals surface area (Å²) >= 11 is 5.90. The number of fused-ring (bicyclic) bond motifs is 1. The van der Waals surface area contributed by atoms with Crippen molar-refractivity contribution < 1.29 is 4.74 Å². The Labute approximate surface area is 183 Å². The Kier molecular flexibility index (Phi) is 4.76. The molecule has 1 aliphatic rings. The molecular weight excluding hydrogens is 412 g/mol. The molecule has 2 aromatic carbocycles. The lowest BCUT2D eigenvalue weighted by atomic mass is 10.2. The van der Waals surface area contributed by atoms with Crippen LogP contribution in [0.5, 0.6) is 5.75 Å². The van der Waals surface area contributed by atoms with E-state index in [9.17, 15) is 4.79 Å². The molecule has 2 aromatic heterocycles. The molecule has 31 heavy (non-hydrogen) atoms. The second-order valence-corrected chi connectivity index (χ2v) is 8.20. The number of hydrogen-bond donors (Lipinski definition) is 0. The molecule has 0 radical (unpaired) electrons. The number of pyridine rings is 1. The topological polar surface area (TPSA) is 72.8 Å². The fourth-order valence-corrected chi connectivity index (χ4v) is 3.94. The highest BCUT2D eigenvalue weighted by atomic mass is 35.5. The average molecular weight is 431 g/mol. The minimum absolute atomic E-state index is 0.0537. The van der Waals surface area contributed by atoms with Crippen LogP contribution >= 0.6 is 11.6 Å². The molecule has 0 amide bonds. The standard InChI is InChI=1S/C24H19ClN4O2/c1-28-22-11-18(6-7-21(22)27-24(28)20-10-16(20)13-26)29-9-8-19(12-23(29)30)31-14-15-2-4-17(25)5-3-15/h2-9,11-12,16,20H,10,14H2,1H3/t16-,20-/m0/s1. The first-order valence-corrected chi connectivity index (χ1v) is 10.4. The molecule has 0 bridgehead atoms. The van der Waals surface area contributed by atoms with Crippen molar-refractivity contribution in [3.63, 3.8) is 0 Å². The summed E-state index contributed by atoms with van der Waals surface area (Å²) in [7, 11) is 1.96. The minimum Gasteiger partial charge on any atom is -0.489 e. The summed E-state index contributed by atoms with van der Waals surface area (Å²) in [5, 5.41) is 9.79. The lowest BCUT2D eigenvalue weighted by Crippen LogP contribution is -2.16. The first-order valence-electron chi connectivity index (χ1n) is 10.00. The third-order valence-electron chi connectivity index (χ3n) is 5.67. The second-order valence-electron chi connectivity index (χ2n) is 7.77. The van der Waals surface area contributed by atoms with Crippen LogP contribution < -0.4 is 10.3 Å². The smallest absolute Gasteiger partial charge is 0.258 e. The number of rotatable bonds is 5. The molecule has 4 aromatic rings. The first-order chi connectivity index (χ1) is 15.0. The van der Waals surface area contributed by atoms with E-state index in [2.05, 4.69) is 6.07 Å². The van der Waals surface area contributed by atoms with Gasteiger partial charge in [-0.05, 0) is 48.4 Å². The number of aryl methyl sites for hydroxylation is 1. The van der Waals surface area contributed by atoms with Crippen molar-refractivity contribution in [2.45, 2.75) is 18.9 Å². The number of ether oxygens (including phenoxy) is 1. The Bertz CT molecular complexity index is 1380. The summed E-state index contributed by atoms with van der Waals surface area (Å²) in [4.78, 5) is 17.4. The van der Waals surface area contributed by atoms with Crippen molar-refractivity contribution in [1.82, 2.24) is 14.1 Å². The molecule has 1 fully saturated rings. The molecule has 5 rings (SSSR count). The van der Waals surface area contributed by atoms with E-state index in [1.807, 2.05) is 54.1 Å². The van der Waals surface area contributed by atoms with Crippen molar-refractivity contribution in [3.05, 3.63) is 87.6 Å². The number of aromatic nitrogens is 3. The molecule has 154 valence electrons. The second kappa shape index (κ2) is 7.60. The van der Waals surface area contributed by atoms with Crippen LogP contribution in [-0.4, -0.2) is 14.1 Å². The van der Waals surface area contributed by atoms with Gasteiger partial charge in [-0.1, -0.05) is 23.7 Å². The highest BCUT2D eigenvalue weighted by Gasteiger charge is 2.41. The lowest BCUT2D eigenvalue weighted by Gasteiger charge is -2.10. The van der Waals surface area contributed by atoms with Gasteiger partial charge in [0.1, 0.15) is 18.2 Å². The molecule has 0 saturated heterocycles. The maximum absolute atomic E-state index is 12.7. The lowest BCUT2D eigenvalue weighted by molar-refractivity contribution is 0.305. The summed E-state index contributed by atoms with van der Waals surface area (Å²) in [5.74, 6) is 1.69. The van der Waals surface area contributed by atoms with Gasteiger partial charge in [0.25, 0.3) is 5.56 Å². The van der Waals surface area contributed by atoms with E-state index in [0.717, 1.165) is 34.5 Å². The van der Waals surface area contributed by atoms with Crippen LogP contribution in [0.1, 0.15) is 23.7 Å². The van der Waals surface area contributed by atoms with E-state index in [0.29, 0.717) is 17.4 Å². The van der Waals surface area contributed by atoms with Crippen LogP contribution in [-0.2, 0) is 13.7 Å². The molecule has 1 saturated carbocycles. The Morgan fingerprint density at radius 2 is 2.00 bits per heavy atom. The molecule has 0 unspecified atom stereocenters. The Morgan fingerprint density at radius 3 is 2.71 bits per heavy atom. The highest BCUT2D eigenvalue weighted by Crippen LogP contribution is 2.46. The van der Waals surface area contributed by atoms with E-state index in [-0.39, 0.29) is 17.4 Å². The predicted octanol–water partition coefficient (Wildman–Crippen LogP) is 4.58. The van der Waals surface area contributed by atoms with Gasteiger partial charge < -0.3 is 9.30 Å². The fourth-order valence-electron chi connectivity index (χ4n) is 3.81. The van der Waals surface area contributed by atoms with Crippen LogP contribution in [0.4, 0.5) is 0 Å². The van der Waals surface area contributed by atoms with Crippen LogP contribution in [0.15, 0.2) is 65.6 Å². The third-order valence-corrected chi connectivity index (χ3v) is 5.93. The van der Waals surface area contributed by atoms with Gasteiger partial charge in [0.2, 0.25) is 0 Å². The molecule has 1 aliphatic carbocycles. The number of halogens is 1. The molecule has 7 heteroatoms. The first kappa shape index (κ1) is 19.4. The van der Waals surface area contributed by atoms with Crippen LogP contribution in [0.2, 0.25) is 5.02 Å². The van der Waals surface area contributed by atoms with Gasteiger partial charge in [-0.15, -0.1) is 0 Å². The van der Waals surface area contributed by atoms with Gasteiger partial charge in [0.05, 0.1) is 28.7 Å². The van der Waals surface area contributed by atoms with Crippen molar-refractivity contribution in [3.8, 4) is 17.5 Å². The maximum atomic E-state index is 12.7. The third kappa shape index (κ3) is 3.69. The Balaban J connectivity index is 1.39. The van der Waals surface area contributed by atoms with Gasteiger partial charge in [-0.3, -0.25) is 9.36 Å². The maximum Gasteiger partial charge on any atom is 0.258 e. The van der Waals surface area contributed by atoms with Crippen LogP contribution in [0.25, 0.3) is 16.7 Å². The summed E-state index contributed by atoms with van der Waals surface area (Å²) in [6, 6.07) is 18.7. The summed E-state index contributed by atoms with van der Waals surface area (Å²) in [5.41, 5.74) is 3.35. The highest BCUT2D eigenvalue weighted by molar-refractivity contribution is 6.30. The largest absolute Gasteiger partial charge is 0.489 e. The summed E-state index contributed by atoms with van der Waals surface area (Å²) in [6.45, 7) is 0.356. The molecule has 2 atom stereocenters. The predicted molar refractivity (Wildman–Crippen MR) is 119 cm³/mol. The molecule has 2 heterocycles. The Morgan fingerprint density at radius 1 is 1.19 bits per heavy atom. The van der Waals surface area contributed by atoms with E-state index >= 15 is 0 Å². The molecule has 0 N–H and O–H groups in total. The summed E-state index contributed by atoms with van der Waals surface area (Å²) < 4.78 is 9.36. The van der Waals surface area contributed by atoms with Crippen LogP contribution in [0, 0.1) is 17.2 Å². The molecule has 0 aliphatic heterocycles. The zero-order chi connectivity index (χ0) is 21.5.